The van der Waals surface area contributed by atoms with E-state index in [4.69, 9.17) is 11.6 Å². The Labute approximate surface area is 105 Å². The van der Waals surface area contributed by atoms with Crippen LogP contribution in [0.5, 0.6) is 0 Å². The normalized spacial score (nSPS) is 11.6. The van der Waals surface area contributed by atoms with Gasteiger partial charge in [0.1, 0.15) is 5.15 Å². The second kappa shape index (κ2) is 4.45. The second-order valence-corrected chi connectivity index (χ2v) is 3.83. The maximum Gasteiger partial charge on any atom is 0.416 e. The molecule has 0 saturated heterocycles. The lowest BCUT2D eigenvalue weighted by Gasteiger charge is -2.09. The Bertz CT molecular complexity index is 592. The lowest BCUT2D eigenvalue weighted by atomic mass is 10.2. The first-order valence-corrected chi connectivity index (χ1v) is 5.17. The van der Waals surface area contributed by atoms with E-state index >= 15 is 0 Å². The van der Waals surface area contributed by atoms with Gasteiger partial charge in [0, 0.05) is 0 Å². The molecule has 0 aliphatic carbocycles. The smallest absolute Gasteiger partial charge is 0.298 e. The largest absolute Gasteiger partial charge is 0.416 e. The number of carbonyl (C=O) groups excluding carboxylic acids is 1. The van der Waals surface area contributed by atoms with Crippen LogP contribution in [0.4, 0.5) is 13.2 Å². The number of rotatable bonds is 2. The summed E-state index contributed by atoms with van der Waals surface area (Å²) in [4.78, 5) is 10.6. The molecule has 2 aromatic rings. The Morgan fingerprint density at radius 3 is 2.61 bits per heavy atom. The Morgan fingerprint density at radius 1 is 1.33 bits per heavy atom. The van der Waals surface area contributed by atoms with Gasteiger partial charge in [0.15, 0.2) is 6.29 Å². The van der Waals surface area contributed by atoms with Gasteiger partial charge in [-0.05, 0) is 18.2 Å². The maximum atomic E-state index is 12.5. The summed E-state index contributed by atoms with van der Waals surface area (Å²) in [6, 6.07) is 4.52. The Hall–Kier alpha value is -1.82. The molecule has 0 aliphatic rings. The van der Waals surface area contributed by atoms with Crippen LogP contribution in [0.15, 0.2) is 30.5 Å². The average Bonchev–Trinajstić information content (AvgIpc) is 2.69. The van der Waals surface area contributed by atoms with Crippen LogP contribution in [-0.2, 0) is 6.18 Å². The van der Waals surface area contributed by atoms with Crippen LogP contribution in [0.3, 0.4) is 0 Å². The van der Waals surface area contributed by atoms with Gasteiger partial charge < -0.3 is 0 Å². The molecular weight excluding hydrogens is 269 g/mol. The van der Waals surface area contributed by atoms with E-state index in [-0.39, 0.29) is 16.4 Å². The monoisotopic (exact) mass is 274 g/mol. The van der Waals surface area contributed by atoms with Crippen molar-refractivity contribution in [3.05, 3.63) is 46.7 Å². The number of aldehydes is 1. The van der Waals surface area contributed by atoms with E-state index in [1.165, 1.54) is 18.3 Å². The zero-order chi connectivity index (χ0) is 13.3. The van der Waals surface area contributed by atoms with Crippen molar-refractivity contribution < 1.29 is 18.0 Å². The summed E-state index contributed by atoms with van der Waals surface area (Å²) in [6.45, 7) is 0. The lowest BCUT2D eigenvalue weighted by molar-refractivity contribution is -0.137. The number of hydrogen-bond donors (Lipinski definition) is 0. The molecule has 0 spiro atoms. The number of alkyl halides is 3. The highest BCUT2D eigenvalue weighted by Crippen LogP contribution is 2.31. The number of halogens is 4. The highest BCUT2D eigenvalue weighted by Gasteiger charge is 2.30. The van der Waals surface area contributed by atoms with Crippen LogP contribution in [0.25, 0.3) is 5.69 Å². The third-order valence-electron chi connectivity index (χ3n) is 2.28. The number of hydrogen-bond acceptors (Lipinski definition) is 2. The van der Waals surface area contributed by atoms with Crippen LogP contribution < -0.4 is 0 Å². The van der Waals surface area contributed by atoms with Crippen LogP contribution in [0.1, 0.15) is 15.9 Å². The minimum atomic E-state index is -4.44. The van der Waals surface area contributed by atoms with E-state index < -0.39 is 11.7 Å². The van der Waals surface area contributed by atoms with E-state index in [1.807, 2.05) is 0 Å². The summed E-state index contributed by atoms with van der Waals surface area (Å²) in [5.74, 6) is 0. The number of nitrogens with zero attached hydrogens (tertiary/aromatic N) is 2. The maximum absolute atomic E-state index is 12.5. The van der Waals surface area contributed by atoms with Gasteiger partial charge in [-0.3, -0.25) is 4.79 Å². The van der Waals surface area contributed by atoms with E-state index in [2.05, 4.69) is 5.10 Å². The molecule has 0 amide bonds. The molecule has 1 heterocycles. The molecule has 0 atom stereocenters. The summed E-state index contributed by atoms with van der Waals surface area (Å²) in [6.07, 6.45) is -2.77. The zero-order valence-corrected chi connectivity index (χ0v) is 9.53. The van der Waals surface area contributed by atoms with Gasteiger partial charge in [-0.15, -0.1) is 0 Å². The minimum absolute atomic E-state index is 0.0238. The van der Waals surface area contributed by atoms with Gasteiger partial charge >= 0.3 is 6.18 Å². The van der Waals surface area contributed by atoms with Crippen molar-refractivity contribution in [2.75, 3.05) is 0 Å². The van der Waals surface area contributed by atoms with Crippen molar-refractivity contribution in [2.45, 2.75) is 6.18 Å². The van der Waals surface area contributed by atoms with Crippen LogP contribution in [-0.4, -0.2) is 16.1 Å². The lowest BCUT2D eigenvalue weighted by Crippen LogP contribution is -2.06. The molecule has 0 N–H and O–H groups in total. The predicted molar refractivity (Wildman–Crippen MR) is 59.0 cm³/mol. The van der Waals surface area contributed by atoms with Gasteiger partial charge in [0.05, 0.1) is 23.0 Å². The Balaban J connectivity index is 2.51. The molecule has 18 heavy (non-hydrogen) atoms. The van der Waals surface area contributed by atoms with E-state index in [1.54, 1.807) is 0 Å². The molecular formula is C11H6ClF3N2O. The van der Waals surface area contributed by atoms with Gasteiger partial charge in [-0.1, -0.05) is 17.7 Å². The molecule has 0 aliphatic heterocycles. The van der Waals surface area contributed by atoms with E-state index in [0.717, 1.165) is 16.8 Å². The molecule has 94 valence electrons. The van der Waals surface area contributed by atoms with Crippen LogP contribution in [0, 0.1) is 0 Å². The predicted octanol–water partition coefficient (Wildman–Crippen LogP) is 3.36. The second-order valence-electron chi connectivity index (χ2n) is 3.47. The fraction of sp³-hybridized carbons (Fsp3) is 0.0909. The molecule has 2 rings (SSSR count). The van der Waals surface area contributed by atoms with Crippen molar-refractivity contribution in [1.82, 2.24) is 9.78 Å². The summed E-state index contributed by atoms with van der Waals surface area (Å²) in [5, 5.41) is 3.74. The first-order valence-electron chi connectivity index (χ1n) is 4.80. The Morgan fingerprint density at radius 2 is 2.06 bits per heavy atom. The molecule has 1 aromatic carbocycles. The molecule has 0 radical (unpaired) electrons. The average molecular weight is 275 g/mol. The molecule has 3 nitrogen and oxygen atoms in total. The zero-order valence-electron chi connectivity index (χ0n) is 8.78. The van der Waals surface area contributed by atoms with Gasteiger partial charge in [0.2, 0.25) is 0 Å². The van der Waals surface area contributed by atoms with Gasteiger partial charge in [-0.25, -0.2) is 4.68 Å². The third kappa shape index (κ3) is 2.24. The van der Waals surface area contributed by atoms with Crippen molar-refractivity contribution in [2.24, 2.45) is 0 Å². The topological polar surface area (TPSA) is 34.9 Å². The summed E-state index contributed by atoms with van der Waals surface area (Å²) < 4.78 is 38.7. The number of aromatic nitrogens is 2. The molecule has 0 bridgehead atoms. The standard InChI is InChI=1S/C11H6ClF3N2O/c12-10-7(6-18)5-16-17(10)9-3-1-2-8(4-9)11(13,14)15/h1-6H. The molecule has 0 saturated carbocycles. The minimum Gasteiger partial charge on any atom is -0.298 e. The van der Waals surface area contributed by atoms with E-state index in [9.17, 15) is 18.0 Å². The SMILES string of the molecule is O=Cc1cnn(-c2cccc(C(F)(F)F)c2)c1Cl. The highest BCUT2D eigenvalue weighted by atomic mass is 35.5. The van der Waals surface area contributed by atoms with Crippen molar-refractivity contribution in [3.8, 4) is 5.69 Å². The first-order chi connectivity index (χ1) is 8.43. The first kappa shape index (κ1) is 12.6. The Kier molecular flexibility index (Phi) is 3.13. The molecule has 7 heteroatoms. The molecule has 0 fully saturated rings. The highest BCUT2D eigenvalue weighted by molar-refractivity contribution is 6.32. The fourth-order valence-corrected chi connectivity index (χ4v) is 1.65. The van der Waals surface area contributed by atoms with Gasteiger partial charge in [-0.2, -0.15) is 18.3 Å². The number of benzene rings is 1. The van der Waals surface area contributed by atoms with E-state index in [0.29, 0.717) is 6.29 Å². The quantitative estimate of drug-likeness (QED) is 0.787. The van der Waals surface area contributed by atoms with Crippen molar-refractivity contribution in [3.63, 3.8) is 0 Å². The van der Waals surface area contributed by atoms with Crippen LogP contribution in [0.2, 0.25) is 5.15 Å². The van der Waals surface area contributed by atoms with Crippen molar-refractivity contribution in [1.29, 1.82) is 0 Å². The summed E-state index contributed by atoms with van der Waals surface area (Å²) in [7, 11) is 0. The third-order valence-corrected chi connectivity index (χ3v) is 2.66. The fourth-order valence-electron chi connectivity index (χ4n) is 1.42. The van der Waals surface area contributed by atoms with Crippen molar-refractivity contribution >= 4 is 17.9 Å². The number of carbonyl (C=O) groups is 1. The van der Waals surface area contributed by atoms with Crippen LogP contribution >= 0.6 is 11.6 Å². The molecule has 1 aromatic heterocycles. The summed E-state index contributed by atoms with van der Waals surface area (Å²) in [5.41, 5.74) is -0.545. The molecule has 0 unspecified atom stereocenters. The summed E-state index contributed by atoms with van der Waals surface area (Å²) >= 11 is 5.81. The van der Waals surface area contributed by atoms with Gasteiger partial charge in [0.25, 0.3) is 0 Å².